The van der Waals surface area contributed by atoms with Crippen LogP contribution in [-0.2, 0) is 20.8 Å². The van der Waals surface area contributed by atoms with Crippen LogP contribution in [0.25, 0.3) is 0 Å². The number of aromatic nitrogens is 2. The molecule has 0 atom stereocenters. The third-order valence-electron chi connectivity index (χ3n) is 3.93. The number of hydrogen-bond acceptors (Lipinski definition) is 7. The first kappa shape index (κ1) is 22.2. The molecule has 0 spiro atoms. The number of rotatable bonds is 9. The average Bonchev–Trinajstić information content (AvgIpc) is 3.19. The maximum atomic E-state index is 12.7. The van der Waals surface area contributed by atoms with Gasteiger partial charge in [-0.3, -0.25) is 10.1 Å². The van der Waals surface area contributed by atoms with Gasteiger partial charge in [0.1, 0.15) is 6.54 Å². The van der Waals surface area contributed by atoms with E-state index < -0.39 is 16.1 Å². The summed E-state index contributed by atoms with van der Waals surface area (Å²) in [4.78, 5) is 12.6. The molecule has 0 aliphatic carbocycles. The van der Waals surface area contributed by atoms with E-state index >= 15 is 0 Å². The van der Waals surface area contributed by atoms with Crippen LogP contribution in [-0.4, -0.2) is 49.5 Å². The lowest BCUT2D eigenvalue weighted by molar-refractivity contribution is -0.114. The third kappa shape index (κ3) is 5.79. The molecule has 30 heavy (non-hydrogen) atoms. The molecule has 158 valence electrons. The van der Waals surface area contributed by atoms with Gasteiger partial charge in [-0.2, -0.15) is 12.7 Å². The molecular formula is C19H21N5O3S3. The van der Waals surface area contributed by atoms with Crippen molar-refractivity contribution in [3.05, 3.63) is 66.2 Å². The maximum absolute atomic E-state index is 12.7. The van der Waals surface area contributed by atoms with Gasteiger partial charge in [-0.1, -0.05) is 71.6 Å². The number of nitrogens with one attached hydrogen (secondary N) is 1. The minimum absolute atomic E-state index is 0.325. The Hall–Kier alpha value is -2.47. The predicted octanol–water partition coefficient (Wildman–Crippen LogP) is 3.08. The quantitative estimate of drug-likeness (QED) is 0.387. The highest BCUT2D eigenvalue weighted by molar-refractivity contribution is 8.00. The number of hydrogen-bond donors (Lipinski definition) is 1. The predicted molar refractivity (Wildman–Crippen MR) is 121 cm³/mol. The Kier molecular flexibility index (Phi) is 7.43. The number of nitrogens with zero attached hydrogens (tertiary/aromatic N) is 4. The van der Waals surface area contributed by atoms with Gasteiger partial charge in [-0.05, 0) is 17.7 Å². The zero-order valence-electron chi connectivity index (χ0n) is 16.4. The molecular weight excluding hydrogens is 442 g/mol. The molecule has 0 aliphatic rings. The van der Waals surface area contributed by atoms with Crippen molar-refractivity contribution in [1.82, 2.24) is 14.5 Å². The van der Waals surface area contributed by atoms with Gasteiger partial charge in [-0.15, -0.1) is 10.2 Å². The first-order valence-corrected chi connectivity index (χ1v) is 12.1. The van der Waals surface area contributed by atoms with Crippen LogP contribution < -0.4 is 9.62 Å². The van der Waals surface area contributed by atoms with Crippen LogP contribution in [0.2, 0.25) is 0 Å². The lowest BCUT2D eigenvalue weighted by Crippen LogP contribution is -2.44. The fraction of sp³-hybridized carbons (Fsp3) is 0.211. The number of thioether (sulfide) groups is 1. The molecule has 3 rings (SSSR count). The molecule has 0 aliphatic heterocycles. The minimum Gasteiger partial charge on any atom is -0.299 e. The fourth-order valence-electron chi connectivity index (χ4n) is 2.42. The van der Waals surface area contributed by atoms with Gasteiger partial charge in [0, 0.05) is 19.8 Å². The highest BCUT2D eigenvalue weighted by atomic mass is 32.2. The molecule has 3 aromatic rings. The molecule has 0 fully saturated rings. The monoisotopic (exact) mass is 463 g/mol. The maximum Gasteiger partial charge on any atom is 0.304 e. The van der Waals surface area contributed by atoms with E-state index in [0.717, 1.165) is 24.3 Å². The molecule has 0 saturated carbocycles. The Morgan fingerprint density at radius 1 is 1.03 bits per heavy atom. The Morgan fingerprint density at radius 2 is 1.67 bits per heavy atom. The molecule has 1 aromatic heterocycles. The van der Waals surface area contributed by atoms with E-state index in [0.29, 0.717) is 10.8 Å². The van der Waals surface area contributed by atoms with Crippen LogP contribution >= 0.6 is 23.1 Å². The van der Waals surface area contributed by atoms with Crippen LogP contribution in [0.3, 0.4) is 0 Å². The van der Waals surface area contributed by atoms with E-state index in [1.807, 2.05) is 30.3 Å². The van der Waals surface area contributed by atoms with Crippen molar-refractivity contribution in [1.29, 1.82) is 0 Å². The molecule has 0 saturated heterocycles. The SMILES string of the molecule is CN(C)S(=O)(=O)N(CC(=O)Nc1nnc(SCc2ccccc2)s1)c1ccccc1. The Labute approximate surface area is 184 Å². The number of amides is 1. The Balaban J connectivity index is 1.65. The van der Waals surface area contributed by atoms with Crippen molar-refractivity contribution in [2.45, 2.75) is 10.1 Å². The number of carbonyl (C=O) groups excluding carboxylic acids is 1. The molecule has 1 heterocycles. The summed E-state index contributed by atoms with van der Waals surface area (Å²) >= 11 is 2.77. The van der Waals surface area contributed by atoms with Gasteiger partial charge in [0.15, 0.2) is 4.34 Å². The van der Waals surface area contributed by atoms with Crippen molar-refractivity contribution >= 4 is 50.0 Å². The van der Waals surface area contributed by atoms with Crippen molar-refractivity contribution in [2.75, 3.05) is 30.3 Å². The molecule has 1 amide bonds. The zero-order valence-corrected chi connectivity index (χ0v) is 18.9. The van der Waals surface area contributed by atoms with Crippen molar-refractivity contribution in [3.63, 3.8) is 0 Å². The largest absolute Gasteiger partial charge is 0.304 e. The van der Waals surface area contributed by atoms with E-state index in [-0.39, 0.29) is 6.54 Å². The zero-order chi connectivity index (χ0) is 21.6. The van der Waals surface area contributed by atoms with Crippen LogP contribution in [0, 0.1) is 0 Å². The van der Waals surface area contributed by atoms with Gasteiger partial charge < -0.3 is 0 Å². The van der Waals surface area contributed by atoms with Crippen molar-refractivity contribution in [3.8, 4) is 0 Å². The fourth-order valence-corrected chi connectivity index (χ4v) is 5.21. The summed E-state index contributed by atoms with van der Waals surface area (Å²) in [5.41, 5.74) is 1.56. The second kappa shape index (κ2) is 10.0. The van der Waals surface area contributed by atoms with Crippen LogP contribution in [0.15, 0.2) is 65.0 Å². The summed E-state index contributed by atoms with van der Waals surface area (Å²) in [5.74, 6) is 0.242. The van der Waals surface area contributed by atoms with E-state index in [4.69, 9.17) is 0 Å². The number of benzene rings is 2. The summed E-state index contributed by atoms with van der Waals surface area (Å²) in [5, 5.41) is 11.0. The Morgan fingerprint density at radius 3 is 2.30 bits per heavy atom. The molecule has 2 aromatic carbocycles. The van der Waals surface area contributed by atoms with E-state index in [1.54, 1.807) is 30.3 Å². The molecule has 11 heteroatoms. The first-order valence-electron chi connectivity index (χ1n) is 8.91. The lowest BCUT2D eigenvalue weighted by atomic mass is 10.2. The minimum atomic E-state index is -3.84. The van der Waals surface area contributed by atoms with Gasteiger partial charge >= 0.3 is 10.2 Å². The van der Waals surface area contributed by atoms with Gasteiger partial charge in [0.25, 0.3) is 0 Å². The first-order chi connectivity index (χ1) is 14.4. The highest BCUT2D eigenvalue weighted by Crippen LogP contribution is 2.28. The van der Waals surface area contributed by atoms with E-state index in [1.165, 1.54) is 37.2 Å². The van der Waals surface area contributed by atoms with Gasteiger partial charge in [0.2, 0.25) is 11.0 Å². The number of para-hydroxylation sites is 1. The van der Waals surface area contributed by atoms with Crippen LogP contribution in [0.4, 0.5) is 10.8 Å². The second-order valence-corrected chi connectivity index (χ2v) is 10.6. The molecule has 0 radical (unpaired) electrons. The smallest absolute Gasteiger partial charge is 0.299 e. The number of anilines is 2. The summed E-state index contributed by atoms with van der Waals surface area (Å²) in [7, 11) is -1.00. The second-order valence-electron chi connectivity index (χ2n) is 6.33. The topological polar surface area (TPSA) is 95.5 Å². The molecule has 0 unspecified atom stereocenters. The van der Waals surface area contributed by atoms with Crippen molar-refractivity contribution < 1.29 is 13.2 Å². The van der Waals surface area contributed by atoms with E-state index in [9.17, 15) is 13.2 Å². The van der Waals surface area contributed by atoms with E-state index in [2.05, 4.69) is 15.5 Å². The summed E-state index contributed by atoms with van der Waals surface area (Å²) < 4.78 is 28.2. The molecule has 8 nitrogen and oxygen atoms in total. The Bertz CT molecular complexity index is 1070. The normalized spacial score (nSPS) is 11.4. The van der Waals surface area contributed by atoms with Crippen molar-refractivity contribution in [2.24, 2.45) is 0 Å². The summed E-state index contributed by atoms with van der Waals surface area (Å²) in [6.45, 7) is -0.378. The number of carbonyl (C=O) groups is 1. The average molecular weight is 464 g/mol. The lowest BCUT2D eigenvalue weighted by Gasteiger charge is -2.26. The van der Waals surface area contributed by atoms with Gasteiger partial charge in [-0.25, -0.2) is 4.31 Å². The molecule has 0 bridgehead atoms. The van der Waals surface area contributed by atoms with Crippen LogP contribution in [0.1, 0.15) is 5.56 Å². The summed E-state index contributed by atoms with van der Waals surface area (Å²) in [6, 6.07) is 18.4. The van der Waals surface area contributed by atoms with Gasteiger partial charge in [0.05, 0.1) is 5.69 Å². The van der Waals surface area contributed by atoms with Crippen LogP contribution in [0.5, 0.6) is 0 Å². The summed E-state index contributed by atoms with van der Waals surface area (Å²) in [6.07, 6.45) is 0. The third-order valence-corrected chi connectivity index (χ3v) is 7.79. The molecule has 1 N–H and O–H groups in total. The highest BCUT2D eigenvalue weighted by Gasteiger charge is 2.27. The standard InChI is InChI=1S/C19H21N5O3S3/c1-23(2)30(26,27)24(16-11-7-4-8-12-16)13-17(25)20-18-21-22-19(29-18)28-14-15-9-5-3-6-10-15/h3-12H,13-14H2,1-2H3,(H,20,21,25).